The number of aliphatic hydroxyl groups excluding tert-OH is 2. The minimum Gasteiger partial charge on any atom is -0.478 e. The van der Waals surface area contributed by atoms with Crippen LogP contribution in [0.5, 0.6) is 0 Å². The highest BCUT2D eigenvalue weighted by molar-refractivity contribution is 5.87. The normalized spacial score (nSPS) is 14.9. The van der Waals surface area contributed by atoms with Crippen molar-refractivity contribution in [3.63, 3.8) is 0 Å². The van der Waals surface area contributed by atoms with Gasteiger partial charge in [0.05, 0.1) is 124 Å². The van der Waals surface area contributed by atoms with Gasteiger partial charge in [-0.05, 0) is 49.7 Å². The van der Waals surface area contributed by atoms with E-state index in [2.05, 4.69) is 15.0 Å². The SMILES string of the molecule is O=C(O)c1ccc(-c2nc3c([nH]2)c(=O)n(CC2CCCCC2)c(=O)n3CC2CCCCC2)nc1.OCCOCCOCCOCCOCCOCCOCCOCCOCCO. The number of hydrogen-bond donors (Lipinski definition) is 4. The van der Waals surface area contributed by atoms with Crippen LogP contribution in [0.25, 0.3) is 22.7 Å². The van der Waals surface area contributed by atoms with Gasteiger partial charge < -0.3 is 58.2 Å². The maximum absolute atomic E-state index is 13.6. The molecule has 2 saturated carbocycles. The van der Waals surface area contributed by atoms with E-state index in [0.29, 0.717) is 153 Å². The van der Waals surface area contributed by atoms with Crippen LogP contribution in [0.3, 0.4) is 0 Å². The van der Waals surface area contributed by atoms with Crippen molar-refractivity contribution in [2.45, 2.75) is 77.3 Å². The van der Waals surface area contributed by atoms with Crippen LogP contribution in [0, 0.1) is 11.8 Å². The Bertz CT molecular complexity index is 1730. The molecule has 0 amide bonds. The van der Waals surface area contributed by atoms with E-state index in [9.17, 15) is 14.4 Å². The Labute approximate surface area is 362 Å². The number of imidazole rings is 1. The first-order chi connectivity index (χ1) is 30.4. The second-order valence-electron chi connectivity index (χ2n) is 15.2. The van der Waals surface area contributed by atoms with E-state index in [0.717, 1.165) is 51.4 Å². The summed E-state index contributed by atoms with van der Waals surface area (Å²) in [6.07, 6.45) is 12.6. The van der Waals surface area contributed by atoms with E-state index in [1.54, 1.807) is 10.6 Å². The summed E-state index contributed by atoms with van der Waals surface area (Å²) >= 11 is 0. The van der Waals surface area contributed by atoms with Crippen molar-refractivity contribution in [1.82, 2.24) is 24.1 Å². The largest absolute Gasteiger partial charge is 0.478 e. The highest BCUT2D eigenvalue weighted by Crippen LogP contribution is 2.27. The number of aromatic nitrogens is 5. The molecule has 19 heteroatoms. The second kappa shape index (κ2) is 31.3. The Morgan fingerprint density at radius 1 is 0.597 bits per heavy atom. The molecule has 0 bridgehead atoms. The Hall–Kier alpha value is -3.63. The molecule has 0 aliphatic heterocycles. The van der Waals surface area contributed by atoms with Gasteiger partial charge in [0.2, 0.25) is 0 Å². The average molecular weight is 880 g/mol. The first kappa shape index (κ1) is 51.0. The van der Waals surface area contributed by atoms with Crippen molar-refractivity contribution in [2.75, 3.05) is 119 Å². The van der Waals surface area contributed by atoms with Gasteiger partial charge in [-0.3, -0.25) is 18.9 Å². The Morgan fingerprint density at radius 3 is 1.37 bits per heavy atom. The van der Waals surface area contributed by atoms with Gasteiger partial charge in [0.1, 0.15) is 11.2 Å². The second-order valence-corrected chi connectivity index (χ2v) is 15.2. The zero-order chi connectivity index (χ0) is 44.0. The van der Waals surface area contributed by atoms with Crippen molar-refractivity contribution < 1.29 is 58.0 Å². The van der Waals surface area contributed by atoms with Crippen molar-refractivity contribution in [2.24, 2.45) is 11.8 Å². The van der Waals surface area contributed by atoms with Crippen LogP contribution in [0.15, 0.2) is 27.9 Å². The van der Waals surface area contributed by atoms with Crippen LogP contribution >= 0.6 is 0 Å². The molecule has 5 rings (SSSR count). The quantitative estimate of drug-likeness (QED) is 0.0680. The minimum absolute atomic E-state index is 0.0294. The van der Waals surface area contributed by atoms with E-state index >= 15 is 0 Å². The molecule has 0 radical (unpaired) electrons. The Kier molecular flexibility index (Phi) is 25.7. The number of carbonyl (C=O) groups is 1. The lowest BCUT2D eigenvalue weighted by Crippen LogP contribution is -2.42. The van der Waals surface area contributed by atoms with Crippen LogP contribution in [-0.2, 0) is 51.0 Å². The van der Waals surface area contributed by atoms with Crippen molar-refractivity contribution in [3.05, 3.63) is 44.7 Å². The molecule has 2 aliphatic rings. The van der Waals surface area contributed by atoms with Gasteiger partial charge in [0.25, 0.3) is 5.56 Å². The van der Waals surface area contributed by atoms with E-state index in [1.807, 2.05) is 0 Å². The number of rotatable bonds is 31. The summed E-state index contributed by atoms with van der Waals surface area (Å²) < 4.78 is 45.3. The summed E-state index contributed by atoms with van der Waals surface area (Å²) in [6.45, 7) is 8.79. The monoisotopic (exact) mass is 879 g/mol. The molecule has 0 saturated heterocycles. The van der Waals surface area contributed by atoms with Crippen LogP contribution in [0.1, 0.15) is 74.6 Å². The number of nitrogens with one attached hydrogen (secondary N) is 1. The van der Waals surface area contributed by atoms with E-state index < -0.39 is 5.97 Å². The number of carboxylic acid groups (broad SMARTS) is 1. The predicted molar refractivity (Wildman–Crippen MR) is 229 cm³/mol. The fraction of sp³-hybridized carbons (Fsp3) is 0.744. The number of aliphatic hydroxyl groups is 2. The van der Waals surface area contributed by atoms with Crippen molar-refractivity contribution >= 4 is 17.1 Å². The number of H-pyrrole nitrogens is 1. The maximum Gasteiger partial charge on any atom is 0.337 e. The Balaban J connectivity index is 0.000000280. The zero-order valence-corrected chi connectivity index (χ0v) is 36.2. The maximum atomic E-state index is 13.6. The lowest BCUT2D eigenvalue weighted by atomic mass is 9.89. The fourth-order valence-electron chi connectivity index (χ4n) is 7.30. The molecule has 3 heterocycles. The number of ether oxygens (including phenoxy) is 8. The van der Waals surface area contributed by atoms with E-state index in [1.165, 1.54) is 29.7 Å². The van der Waals surface area contributed by atoms with Gasteiger partial charge in [0.15, 0.2) is 11.5 Å². The fourth-order valence-corrected chi connectivity index (χ4v) is 7.30. The number of fused-ring (bicyclic) bond motifs is 1. The lowest BCUT2D eigenvalue weighted by Gasteiger charge is -2.24. The topological polar surface area (TPSA) is 237 Å². The molecular weight excluding hydrogens is 810 g/mol. The van der Waals surface area contributed by atoms with Crippen LogP contribution in [0.4, 0.5) is 0 Å². The number of aromatic carboxylic acids is 1. The van der Waals surface area contributed by atoms with Gasteiger partial charge in [-0.25, -0.2) is 14.6 Å². The molecule has 2 aliphatic carbocycles. The molecule has 2 fully saturated rings. The third kappa shape index (κ3) is 19.0. The molecule has 62 heavy (non-hydrogen) atoms. The predicted octanol–water partition coefficient (Wildman–Crippen LogP) is 2.91. The first-order valence-corrected chi connectivity index (χ1v) is 22.2. The molecule has 3 aromatic rings. The highest BCUT2D eigenvalue weighted by Gasteiger charge is 2.24. The molecule has 350 valence electrons. The molecule has 0 unspecified atom stereocenters. The first-order valence-electron chi connectivity index (χ1n) is 22.2. The van der Waals surface area contributed by atoms with Crippen LogP contribution in [-0.4, -0.2) is 164 Å². The van der Waals surface area contributed by atoms with E-state index in [4.69, 9.17) is 53.2 Å². The van der Waals surface area contributed by atoms with Crippen LogP contribution < -0.4 is 11.2 Å². The summed E-state index contributed by atoms with van der Waals surface area (Å²) in [4.78, 5) is 50.1. The number of hydrogen-bond acceptors (Lipinski definition) is 15. The summed E-state index contributed by atoms with van der Waals surface area (Å²) in [7, 11) is 0. The van der Waals surface area contributed by atoms with Gasteiger partial charge in [-0.1, -0.05) is 38.5 Å². The molecule has 19 nitrogen and oxygen atoms in total. The summed E-state index contributed by atoms with van der Waals surface area (Å²) in [5, 5.41) is 26.2. The van der Waals surface area contributed by atoms with Crippen molar-refractivity contribution in [1.29, 1.82) is 0 Å². The molecule has 3 aromatic heterocycles. The number of aromatic amines is 1. The highest BCUT2D eigenvalue weighted by atomic mass is 16.6. The third-order valence-corrected chi connectivity index (χ3v) is 10.5. The van der Waals surface area contributed by atoms with Gasteiger partial charge in [-0.2, -0.15) is 0 Å². The third-order valence-electron chi connectivity index (χ3n) is 10.5. The zero-order valence-electron chi connectivity index (χ0n) is 36.2. The minimum atomic E-state index is -1.06. The smallest absolute Gasteiger partial charge is 0.337 e. The van der Waals surface area contributed by atoms with Crippen molar-refractivity contribution in [3.8, 4) is 11.5 Å². The molecule has 0 aromatic carbocycles. The molecular formula is C43H69N5O14. The van der Waals surface area contributed by atoms with Gasteiger partial charge >= 0.3 is 11.7 Å². The number of carboxylic acids is 1. The average Bonchev–Trinajstić information content (AvgIpc) is 3.75. The van der Waals surface area contributed by atoms with Gasteiger partial charge in [0, 0.05) is 19.3 Å². The van der Waals surface area contributed by atoms with Crippen LogP contribution in [0.2, 0.25) is 0 Å². The molecule has 4 N–H and O–H groups in total. The Morgan fingerprint density at radius 2 is 1.00 bits per heavy atom. The van der Waals surface area contributed by atoms with Gasteiger partial charge in [-0.15, -0.1) is 0 Å². The molecule has 0 atom stereocenters. The number of pyridine rings is 1. The number of nitrogens with zero attached hydrogens (tertiary/aromatic N) is 4. The molecule has 0 spiro atoms. The summed E-state index contributed by atoms with van der Waals surface area (Å²) in [5.41, 5.74) is 0.553. The standard InChI is InChI=1S/C25H31N5O4.C18H38O10/c31-23-20-22(28-21(27-20)19-12-11-18(13-26-19)24(32)33)29(14-16-7-3-1-4-8-16)25(34)30(23)15-17-9-5-2-6-10-17;19-1-3-21-5-7-23-9-11-25-13-15-27-17-18-28-16-14-26-12-10-24-8-6-22-4-2-20/h11-13,16-17H,1-10,14-15H2,(H,27,28)(H,32,33);19-20H,1-18H2. The summed E-state index contributed by atoms with van der Waals surface area (Å²) in [6, 6.07) is 3.01. The lowest BCUT2D eigenvalue weighted by molar-refractivity contribution is -0.0244. The summed E-state index contributed by atoms with van der Waals surface area (Å²) in [5.74, 6) is 0.0302. The van der Waals surface area contributed by atoms with E-state index in [-0.39, 0.29) is 30.0 Å².